The number of aryl methyl sites for hydroxylation is 1. The Bertz CT molecular complexity index is 670. The summed E-state index contributed by atoms with van der Waals surface area (Å²) in [5.41, 5.74) is 14.3. The first kappa shape index (κ1) is 13.7. The molecule has 0 aliphatic rings. The maximum absolute atomic E-state index is 10.5. The number of aliphatic imine (C=N–C) groups is 1. The average Bonchev–Trinajstić information content (AvgIpc) is 2.38. The molecule has 0 spiro atoms. The van der Waals surface area contributed by atoms with Gasteiger partial charge in [0.1, 0.15) is 0 Å². The van der Waals surface area contributed by atoms with E-state index in [0.29, 0.717) is 0 Å². The Hall–Kier alpha value is -2.74. The number of para-hydroxylation sites is 1. The third-order valence-electron chi connectivity index (χ3n) is 2.39. The maximum Gasteiger partial charge on any atom is 0.253 e. The highest BCUT2D eigenvalue weighted by Gasteiger charge is 2.04. The van der Waals surface area contributed by atoms with Crippen LogP contribution in [0.5, 0.6) is 0 Å². The van der Waals surface area contributed by atoms with Crippen LogP contribution in [0.15, 0.2) is 29.3 Å². The Morgan fingerprint density at radius 2 is 2.10 bits per heavy atom. The molecule has 0 saturated heterocycles. The van der Waals surface area contributed by atoms with Crippen molar-refractivity contribution in [2.45, 2.75) is 6.92 Å². The number of nitrogens with zero attached hydrogens (tertiary/aromatic N) is 3. The van der Waals surface area contributed by atoms with E-state index in [-0.39, 0.29) is 18.5 Å². The second-order valence-electron chi connectivity index (χ2n) is 3.98. The number of amides is 1. The smallest absolute Gasteiger partial charge is 0.253 e. The van der Waals surface area contributed by atoms with E-state index in [9.17, 15) is 4.79 Å². The van der Waals surface area contributed by atoms with Gasteiger partial charge in [-0.1, -0.05) is 18.2 Å². The molecule has 0 radical (unpaired) electrons. The maximum atomic E-state index is 10.5. The van der Waals surface area contributed by atoms with Gasteiger partial charge in [0.15, 0.2) is 6.61 Å². The molecule has 1 aromatic carbocycles. The Balaban J connectivity index is 2.18. The number of nitrogens with one attached hydrogen (secondary N) is 1. The normalized spacial score (nSPS) is 11.6. The molecule has 1 amide bonds. The van der Waals surface area contributed by atoms with Gasteiger partial charge < -0.3 is 11.5 Å². The van der Waals surface area contributed by atoms with Crippen LogP contribution in [-0.4, -0.2) is 28.4 Å². The minimum atomic E-state index is -0.622. The predicted octanol–water partition coefficient (Wildman–Crippen LogP) is -0.109. The zero-order valence-corrected chi connectivity index (χ0v) is 10.8. The second-order valence-corrected chi connectivity index (χ2v) is 3.98. The van der Waals surface area contributed by atoms with Crippen molar-refractivity contribution in [3.8, 4) is 0 Å². The molecule has 20 heavy (non-hydrogen) atoms. The van der Waals surface area contributed by atoms with Crippen molar-refractivity contribution >= 4 is 28.7 Å². The quantitative estimate of drug-likeness (QED) is 0.405. The largest absolute Gasteiger partial charge is 0.368 e. The molecule has 0 fully saturated rings. The van der Waals surface area contributed by atoms with Gasteiger partial charge in [0.05, 0.1) is 11.2 Å². The van der Waals surface area contributed by atoms with Crippen molar-refractivity contribution in [3.63, 3.8) is 0 Å². The number of rotatable bonds is 4. The molecular weight excluding hydrogens is 260 g/mol. The molecule has 2 aromatic rings. The molecule has 8 heteroatoms. The standard InChI is InChI=1S/C12H14N6O2/c1-7-8-4-2-3-5-9(8)16-12(15-7)17-11(14)18-20-6-10(13)19/h2-5H,6H2,1H3,(H2,13,19)(H3,14,15,16,17,18). The third-order valence-corrected chi connectivity index (χ3v) is 2.39. The van der Waals surface area contributed by atoms with E-state index in [1.54, 1.807) is 0 Å². The lowest BCUT2D eigenvalue weighted by molar-refractivity contribution is -0.123. The zero-order chi connectivity index (χ0) is 14.5. The van der Waals surface area contributed by atoms with Crippen LogP contribution in [-0.2, 0) is 9.63 Å². The summed E-state index contributed by atoms with van der Waals surface area (Å²) in [6.07, 6.45) is 0. The van der Waals surface area contributed by atoms with Crippen LogP contribution in [0, 0.1) is 6.92 Å². The van der Waals surface area contributed by atoms with Crippen molar-refractivity contribution in [2.24, 2.45) is 16.5 Å². The van der Waals surface area contributed by atoms with Crippen LogP contribution in [0.25, 0.3) is 10.9 Å². The number of hydrogen-bond donors (Lipinski definition) is 3. The first-order valence-electron chi connectivity index (χ1n) is 5.80. The van der Waals surface area contributed by atoms with Crippen LogP contribution in [0.3, 0.4) is 0 Å². The van der Waals surface area contributed by atoms with Crippen molar-refractivity contribution in [1.82, 2.24) is 15.4 Å². The van der Waals surface area contributed by atoms with E-state index in [0.717, 1.165) is 16.6 Å². The highest BCUT2D eigenvalue weighted by molar-refractivity contribution is 5.83. The molecule has 8 nitrogen and oxygen atoms in total. The zero-order valence-electron chi connectivity index (χ0n) is 10.8. The van der Waals surface area contributed by atoms with E-state index in [2.05, 4.69) is 20.4 Å². The fraction of sp³-hybridized carbons (Fsp3) is 0.167. The van der Waals surface area contributed by atoms with E-state index < -0.39 is 5.91 Å². The molecule has 1 heterocycles. The number of hydrogen-bond acceptors (Lipinski definition) is 5. The van der Waals surface area contributed by atoms with E-state index in [4.69, 9.17) is 16.3 Å². The van der Waals surface area contributed by atoms with Gasteiger partial charge in [0.25, 0.3) is 5.95 Å². The number of benzene rings is 1. The Kier molecular flexibility index (Phi) is 4.06. The van der Waals surface area contributed by atoms with Crippen LogP contribution in [0.2, 0.25) is 0 Å². The number of carbonyl (C=O) groups excluding carboxylic acids is 1. The lowest BCUT2D eigenvalue weighted by Crippen LogP contribution is -2.34. The minimum absolute atomic E-state index is 0.0686. The molecule has 0 aliphatic carbocycles. The van der Waals surface area contributed by atoms with Crippen LogP contribution in [0.1, 0.15) is 5.69 Å². The molecule has 0 saturated carbocycles. The summed E-state index contributed by atoms with van der Waals surface area (Å²) >= 11 is 0. The van der Waals surface area contributed by atoms with Gasteiger partial charge in [-0.3, -0.25) is 9.63 Å². The highest BCUT2D eigenvalue weighted by Crippen LogP contribution is 2.17. The van der Waals surface area contributed by atoms with Gasteiger partial charge in [-0.2, -0.15) is 4.99 Å². The van der Waals surface area contributed by atoms with Crippen LogP contribution >= 0.6 is 0 Å². The van der Waals surface area contributed by atoms with Gasteiger partial charge in [0.2, 0.25) is 11.9 Å². The summed E-state index contributed by atoms with van der Waals surface area (Å²) < 4.78 is 0. The number of aromatic nitrogens is 2. The van der Waals surface area contributed by atoms with Crippen molar-refractivity contribution in [2.75, 3.05) is 6.61 Å². The highest BCUT2D eigenvalue weighted by atomic mass is 16.6. The molecule has 2 rings (SSSR count). The minimum Gasteiger partial charge on any atom is -0.368 e. The molecular formula is C12H14N6O2. The van der Waals surface area contributed by atoms with Gasteiger partial charge in [-0.15, -0.1) is 0 Å². The summed E-state index contributed by atoms with van der Waals surface area (Å²) in [5, 5.41) is 0.947. The molecule has 0 aliphatic heterocycles. The summed E-state index contributed by atoms with van der Waals surface area (Å²) in [4.78, 5) is 27.6. The fourth-order valence-corrected chi connectivity index (χ4v) is 1.58. The Labute approximate surface area is 114 Å². The molecule has 5 N–H and O–H groups in total. The van der Waals surface area contributed by atoms with Gasteiger partial charge in [-0.05, 0) is 13.0 Å². The number of hydroxylamine groups is 1. The van der Waals surface area contributed by atoms with E-state index >= 15 is 0 Å². The number of guanidine groups is 1. The van der Waals surface area contributed by atoms with Gasteiger partial charge in [-0.25, -0.2) is 15.4 Å². The lowest BCUT2D eigenvalue weighted by atomic mass is 10.2. The van der Waals surface area contributed by atoms with Crippen molar-refractivity contribution in [1.29, 1.82) is 0 Å². The summed E-state index contributed by atoms with van der Waals surface area (Å²) in [6.45, 7) is 1.55. The van der Waals surface area contributed by atoms with Crippen LogP contribution in [0.4, 0.5) is 5.95 Å². The topological polar surface area (TPSA) is 129 Å². The molecule has 104 valence electrons. The SMILES string of the molecule is Cc1nc(N=C(N)NOCC(N)=O)nc2ccccc12. The average molecular weight is 274 g/mol. The Morgan fingerprint density at radius 1 is 1.35 bits per heavy atom. The third kappa shape index (κ3) is 3.39. The molecule has 0 atom stereocenters. The lowest BCUT2D eigenvalue weighted by Gasteiger charge is -2.05. The van der Waals surface area contributed by atoms with Crippen molar-refractivity contribution < 1.29 is 9.63 Å². The number of primary amides is 1. The van der Waals surface area contributed by atoms with E-state index in [1.807, 2.05) is 31.2 Å². The molecule has 0 bridgehead atoms. The number of nitrogens with two attached hydrogens (primary N) is 2. The van der Waals surface area contributed by atoms with Gasteiger partial charge >= 0.3 is 0 Å². The summed E-state index contributed by atoms with van der Waals surface area (Å²) in [6, 6.07) is 7.57. The predicted molar refractivity (Wildman–Crippen MR) is 73.8 cm³/mol. The van der Waals surface area contributed by atoms with Crippen LogP contribution < -0.4 is 16.9 Å². The monoisotopic (exact) mass is 274 g/mol. The fourth-order valence-electron chi connectivity index (χ4n) is 1.58. The number of carbonyl (C=O) groups is 1. The second kappa shape index (κ2) is 5.93. The molecule has 1 aromatic heterocycles. The summed E-state index contributed by atoms with van der Waals surface area (Å²) in [5.74, 6) is -0.488. The molecule has 0 unspecified atom stereocenters. The first-order chi connectivity index (χ1) is 9.56. The Morgan fingerprint density at radius 3 is 2.85 bits per heavy atom. The van der Waals surface area contributed by atoms with Gasteiger partial charge in [0, 0.05) is 5.39 Å². The van der Waals surface area contributed by atoms with Crippen molar-refractivity contribution in [3.05, 3.63) is 30.0 Å². The summed E-state index contributed by atoms with van der Waals surface area (Å²) in [7, 11) is 0. The first-order valence-corrected chi connectivity index (χ1v) is 5.80. The number of fused-ring (bicyclic) bond motifs is 1. The van der Waals surface area contributed by atoms with E-state index in [1.165, 1.54) is 0 Å².